The third-order valence-electron chi connectivity index (χ3n) is 2.94. The highest BCUT2D eigenvalue weighted by Gasteiger charge is 1.99. The Kier molecular flexibility index (Phi) is 6.16. The summed E-state index contributed by atoms with van der Waals surface area (Å²) in [5, 5.41) is 0. The van der Waals surface area contributed by atoms with Crippen LogP contribution in [-0.2, 0) is 13.1 Å². The Bertz CT molecular complexity index is 278. The third-order valence-corrected chi connectivity index (χ3v) is 2.94. The van der Waals surface area contributed by atoms with Gasteiger partial charge in [0.2, 0.25) is 0 Å². The van der Waals surface area contributed by atoms with Crippen molar-refractivity contribution in [2.24, 2.45) is 11.7 Å². The largest absolute Gasteiger partial charge is 0.333 e. The van der Waals surface area contributed by atoms with Gasteiger partial charge in [-0.2, -0.15) is 0 Å². The van der Waals surface area contributed by atoms with Crippen LogP contribution in [0.3, 0.4) is 0 Å². The van der Waals surface area contributed by atoms with Crippen LogP contribution in [0, 0.1) is 5.92 Å². The highest BCUT2D eigenvalue weighted by atomic mass is 15.0. The Balaban J connectivity index is 2.07. The topological polar surface area (TPSA) is 43.8 Å². The van der Waals surface area contributed by atoms with E-state index in [1.54, 1.807) is 0 Å². The van der Waals surface area contributed by atoms with Gasteiger partial charge in [0.1, 0.15) is 0 Å². The lowest BCUT2D eigenvalue weighted by molar-refractivity contribution is 0.502. The summed E-state index contributed by atoms with van der Waals surface area (Å²) in [6.45, 7) is 6.24. The molecule has 0 aliphatic heterocycles. The first-order valence-electron chi connectivity index (χ1n) is 6.43. The van der Waals surface area contributed by atoms with Crippen molar-refractivity contribution in [3.05, 3.63) is 18.2 Å². The van der Waals surface area contributed by atoms with Crippen LogP contribution in [0.4, 0.5) is 0 Å². The van der Waals surface area contributed by atoms with E-state index in [1.807, 2.05) is 12.5 Å². The lowest BCUT2D eigenvalue weighted by atomic mass is 10.0. The molecule has 1 aromatic rings. The number of rotatable bonds is 8. The monoisotopic (exact) mass is 223 g/mol. The second-order valence-electron chi connectivity index (χ2n) is 4.88. The quantitative estimate of drug-likeness (QED) is 0.689. The molecule has 3 heteroatoms. The maximum atomic E-state index is 5.62. The minimum atomic E-state index is 0.591. The molecule has 1 heterocycles. The van der Waals surface area contributed by atoms with Crippen molar-refractivity contribution in [3.8, 4) is 0 Å². The van der Waals surface area contributed by atoms with E-state index < -0.39 is 0 Å². The first-order valence-corrected chi connectivity index (χ1v) is 6.43. The predicted molar refractivity (Wildman–Crippen MR) is 68.0 cm³/mol. The van der Waals surface area contributed by atoms with Crippen LogP contribution in [0.25, 0.3) is 0 Å². The zero-order chi connectivity index (χ0) is 11.8. The van der Waals surface area contributed by atoms with Crippen molar-refractivity contribution in [2.75, 3.05) is 0 Å². The van der Waals surface area contributed by atoms with Gasteiger partial charge in [0.15, 0.2) is 0 Å². The van der Waals surface area contributed by atoms with Crippen LogP contribution in [0.2, 0.25) is 0 Å². The molecule has 16 heavy (non-hydrogen) atoms. The highest BCUT2D eigenvalue weighted by Crippen LogP contribution is 2.10. The molecular weight excluding hydrogens is 198 g/mol. The van der Waals surface area contributed by atoms with Crippen molar-refractivity contribution in [3.63, 3.8) is 0 Å². The molecule has 0 fully saturated rings. The molecule has 0 aromatic carbocycles. The van der Waals surface area contributed by atoms with Gasteiger partial charge in [-0.15, -0.1) is 0 Å². The van der Waals surface area contributed by atoms with E-state index in [2.05, 4.69) is 23.4 Å². The average Bonchev–Trinajstić information content (AvgIpc) is 2.70. The van der Waals surface area contributed by atoms with Crippen LogP contribution in [0.5, 0.6) is 0 Å². The number of imidazole rings is 1. The molecule has 3 nitrogen and oxygen atoms in total. The molecule has 92 valence electrons. The van der Waals surface area contributed by atoms with Crippen LogP contribution in [0.1, 0.15) is 51.6 Å². The van der Waals surface area contributed by atoms with E-state index >= 15 is 0 Å². The van der Waals surface area contributed by atoms with Crippen molar-refractivity contribution in [2.45, 2.75) is 59.0 Å². The Hall–Kier alpha value is -0.830. The highest BCUT2D eigenvalue weighted by molar-refractivity contribution is 4.96. The van der Waals surface area contributed by atoms with Crippen molar-refractivity contribution >= 4 is 0 Å². The molecule has 0 bridgehead atoms. The first kappa shape index (κ1) is 13.2. The van der Waals surface area contributed by atoms with E-state index in [9.17, 15) is 0 Å². The predicted octanol–water partition coefficient (Wildman–Crippen LogP) is 2.95. The summed E-state index contributed by atoms with van der Waals surface area (Å²) in [7, 11) is 0. The second kappa shape index (κ2) is 7.44. The molecule has 1 rings (SSSR count). The summed E-state index contributed by atoms with van der Waals surface area (Å²) in [6, 6.07) is 0. The average molecular weight is 223 g/mol. The number of hydrogen-bond acceptors (Lipinski definition) is 2. The van der Waals surface area contributed by atoms with Crippen molar-refractivity contribution in [1.29, 1.82) is 0 Å². The van der Waals surface area contributed by atoms with Crippen LogP contribution < -0.4 is 5.73 Å². The SMILES string of the molecule is CC(C)CCCCCCn1cncc1CN. The fraction of sp³-hybridized carbons (Fsp3) is 0.769. The number of aryl methyl sites for hydroxylation is 1. The number of hydrogen-bond donors (Lipinski definition) is 1. The lowest BCUT2D eigenvalue weighted by Crippen LogP contribution is -2.06. The number of nitrogens with zero attached hydrogens (tertiary/aromatic N) is 2. The molecule has 0 saturated heterocycles. The van der Waals surface area contributed by atoms with Crippen LogP contribution in [-0.4, -0.2) is 9.55 Å². The number of aromatic nitrogens is 2. The molecule has 0 amide bonds. The molecule has 0 spiro atoms. The summed E-state index contributed by atoms with van der Waals surface area (Å²) >= 11 is 0. The van der Waals surface area contributed by atoms with Gasteiger partial charge >= 0.3 is 0 Å². The molecular formula is C13H25N3. The van der Waals surface area contributed by atoms with E-state index in [1.165, 1.54) is 32.1 Å². The Morgan fingerprint density at radius 2 is 2.00 bits per heavy atom. The lowest BCUT2D eigenvalue weighted by Gasteiger charge is -2.07. The van der Waals surface area contributed by atoms with E-state index in [-0.39, 0.29) is 0 Å². The molecule has 0 aliphatic carbocycles. The second-order valence-corrected chi connectivity index (χ2v) is 4.88. The maximum absolute atomic E-state index is 5.62. The van der Waals surface area contributed by atoms with E-state index in [0.29, 0.717) is 6.54 Å². The van der Waals surface area contributed by atoms with E-state index in [4.69, 9.17) is 5.73 Å². The van der Waals surface area contributed by atoms with Gasteiger partial charge in [-0.3, -0.25) is 0 Å². The third kappa shape index (κ3) is 4.79. The molecule has 0 unspecified atom stereocenters. The summed E-state index contributed by atoms with van der Waals surface area (Å²) in [6.07, 6.45) is 10.4. The number of unbranched alkanes of at least 4 members (excludes halogenated alkanes) is 3. The van der Waals surface area contributed by atoms with E-state index in [0.717, 1.165) is 18.2 Å². The summed E-state index contributed by atoms with van der Waals surface area (Å²) in [5.41, 5.74) is 6.76. The van der Waals surface area contributed by atoms with Gasteiger partial charge in [-0.1, -0.05) is 39.5 Å². The molecule has 0 atom stereocenters. The fourth-order valence-electron chi connectivity index (χ4n) is 1.91. The normalized spacial score (nSPS) is 11.2. The summed E-state index contributed by atoms with van der Waals surface area (Å²) in [5.74, 6) is 0.845. The van der Waals surface area contributed by atoms with Gasteiger partial charge in [0.05, 0.1) is 12.0 Å². The fourth-order valence-corrected chi connectivity index (χ4v) is 1.91. The van der Waals surface area contributed by atoms with Crippen molar-refractivity contribution in [1.82, 2.24) is 9.55 Å². The molecule has 0 saturated carbocycles. The van der Waals surface area contributed by atoms with Gasteiger partial charge in [0, 0.05) is 19.3 Å². The zero-order valence-electron chi connectivity index (χ0n) is 10.7. The minimum Gasteiger partial charge on any atom is -0.333 e. The Labute approximate surface area is 99.1 Å². The molecule has 2 N–H and O–H groups in total. The van der Waals surface area contributed by atoms with Gasteiger partial charge in [-0.25, -0.2) is 4.98 Å². The van der Waals surface area contributed by atoms with Crippen molar-refractivity contribution < 1.29 is 0 Å². The smallest absolute Gasteiger partial charge is 0.0948 e. The standard InChI is InChI=1S/C13H25N3/c1-12(2)7-5-3-4-6-8-16-11-15-10-13(16)9-14/h10-12H,3-9,14H2,1-2H3. The Morgan fingerprint density at radius 3 is 2.69 bits per heavy atom. The van der Waals surface area contributed by atoms with Gasteiger partial charge < -0.3 is 10.3 Å². The van der Waals surface area contributed by atoms with Gasteiger partial charge in [0.25, 0.3) is 0 Å². The summed E-state index contributed by atoms with van der Waals surface area (Å²) in [4.78, 5) is 4.11. The molecule has 1 aromatic heterocycles. The summed E-state index contributed by atoms with van der Waals surface area (Å²) < 4.78 is 2.17. The van der Waals surface area contributed by atoms with Crippen LogP contribution in [0.15, 0.2) is 12.5 Å². The minimum absolute atomic E-state index is 0.591. The van der Waals surface area contributed by atoms with Crippen LogP contribution >= 0.6 is 0 Å². The first-order chi connectivity index (χ1) is 7.74. The Morgan fingerprint density at radius 1 is 1.25 bits per heavy atom. The number of nitrogens with two attached hydrogens (primary N) is 1. The molecule has 0 aliphatic rings. The van der Waals surface area contributed by atoms with Gasteiger partial charge in [-0.05, 0) is 12.3 Å². The molecule has 0 radical (unpaired) electrons. The maximum Gasteiger partial charge on any atom is 0.0948 e. The zero-order valence-corrected chi connectivity index (χ0v) is 10.7.